The normalized spacial score (nSPS) is 10.5. The Labute approximate surface area is 166 Å². The molecule has 144 valence electrons. The van der Waals surface area contributed by atoms with E-state index in [1.807, 2.05) is 36.4 Å². The van der Waals surface area contributed by atoms with Crippen molar-refractivity contribution in [1.29, 1.82) is 0 Å². The molecule has 1 aromatic carbocycles. The van der Waals surface area contributed by atoms with Crippen LogP contribution in [0.3, 0.4) is 0 Å². The third-order valence-electron chi connectivity index (χ3n) is 4.16. The molecule has 1 amide bonds. The molecular weight excluding hydrogens is 368 g/mol. The molecule has 0 aliphatic carbocycles. The van der Waals surface area contributed by atoms with Crippen LogP contribution in [0.4, 0.5) is 17.2 Å². The topological polar surface area (TPSA) is 119 Å². The van der Waals surface area contributed by atoms with E-state index in [-0.39, 0.29) is 11.6 Å². The van der Waals surface area contributed by atoms with Crippen molar-refractivity contribution < 1.29 is 9.21 Å². The van der Waals surface area contributed by atoms with E-state index in [1.54, 1.807) is 24.6 Å². The summed E-state index contributed by atoms with van der Waals surface area (Å²) >= 11 is 0. The van der Waals surface area contributed by atoms with Gasteiger partial charge >= 0.3 is 0 Å². The molecule has 8 nitrogen and oxygen atoms in total. The SMILES string of the molecule is Nc1ncccc1NCc1cccc(NC(=O)c2cnc(-c3ccco3)cn2)c1. The molecule has 4 rings (SSSR count). The Morgan fingerprint density at radius 3 is 2.72 bits per heavy atom. The molecule has 8 heteroatoms. The maximum atomic E-state index is 12.5. The molecule has 4 N–H and O–H groups in total. The second kappa shape index (κ2) is 8.22. The lowest BCUT2D eigenvalue weighted by Crippen LogP contribution is -2.14. The van der Waals surface area contributed by atoms with Crippen LogP contribution in [0.15, 0.2) is 77.8 Å². The number of carbonyl (C=O) groups is 1. The summed E-state index contributed by atoms with van der Waals surface area (Å²) in [4.78, 5) is 24.9. The summed E-state index contributed by atoms with van der Waals surface area (Å²) in [6, 6.07) is 14.7. The smallest absolute Gasteiger partial charge is 0.275 e. The van der Waals surface area contributed by atoms with Crippen LogP contribution in [-0.4, -0.2) is 20.9 Å². The average molecular weight is 386 g/mol. The van der Waals surface area contributed by atoms with Gasteiger partial charge in [0.05, 0.1) is 24.3 Å². The van der Waals surface area contributed by atoms with Crippen molar-refractivity contribution in [2.45, 2.75) is 6.54 Å². The summed E-state index contributed by atoms with van der Waals surface area (Å²) in [5.74, 6) is 0.692. The van der Waals surface area contributed by atoms with Crippen molar-refractivity contribution in [2.75, 3.05) is 16.4 Å². The molecule has 0 aliphatic rings. The van der Waals surface area contributed by atoms with E-state index in [9.17, 15) is 4.79 Å². The fraction of sp³-hybridized carbons (Fsp3) is 0.0476. The van der Waals surface area contributed by atoms with Gasteiger partial charge in [-0.05, 0) is 42.0 Å². The lowest BCUT2D eigenvalue weighted by molar-refractivity contribution is 0.102. The van der Waals surface area contributed by atoms with Crippen molar-refractivity contribution in [3.8, 4) is 11.5 Å². The number of nitrogens with two attached hydrogens (primary N) is 1. The molecule has 0 aliphatic heterocycles. The lowest BCUT2D eigenvalue weighted by Gasteiger charge is -2.10. The number of nitrogen functional groups attached to an aromatic ring is 1. The van der Waals surface area contributed by atoms with Crippen LogP contribution in [0.2, 0.25) is 0 Å². The molecule has 0 bridgehead atoms. The lowest BCUT2D eigenvalue weighted by atomic mass is 10.2. The number of nitrogens with one attached hydrogen (secondary N) is 2. The summed E-state index contributed by atoms with van der Waals surface area (Å²) in [6.45, 7) is 0.539. The summed E-state index contributed by atoms with van der Waals surface area (Å²) in [5.41, 5.74) is 9.01. The van der Waals surface area contributed by atoms with Crippen LogP contribution in [0.5, 0.6) is 0 Å². The Hall–Kier alpha value is -4.20. The second-order valence-corrected chi connectivity index (χ2v) is 6.21. The van der Waals surface area contributed by atoms with Crippen molar-refractivity contribution in [2.24, 2.45) is 0 Å². The minimum Gasteiger partial charge on any atom is -0.463 e. The molecule has 0 atom stereocenters. The Balaban J connectivity index is 1.41. The molecule has 0 radical (unpaired) electrons. The van der Waals surface area contributed by atoms with Gasteiger partial charge in [0, 0.05) is 18.4 Å². The largest absolute Gasteiger partial charge is 0.463 e. The first-order valence-corrected chi connectivity index (χ1v) is 8.89. The van der Waals surface area contributed by atoms with Crippen LogP contribution < -0.4 is 16.4 Å². The molecule has 0 unspecified atom stereocenters. The Bertz CT molecular complexity index is 1110. The number of furan rings is 1. The molecule has 0 saturated heterocycles. The monoisotopic (exact) mass is 386 g/mol. The van der Waals surface area contributed by atoms with Crippen LogP contribution in [0.25, 0.3) is 11.5 Å². The van der Waals surface area contributed by atoms with Gasteiger partial charge in [-0.1, -0.05) is 12.1 Å². The number of rotatable bonds is 6. The third-order valence-corrected chi connectivity index (χ3v) is 4.16. The van der Waals surface area contributed by atoms with E-state index >= 15 is 0 Å². The van der Waals surface area contributed by atoms with Gasteiger partial charge < -0.3 is 20.8 Å². The predicted molar refractivity (Wildman–Crippen MR) is 110 cm³/mol. The summed E-state index contributed by atoms with van der Waals surface area (Å²) in [6.07, 6.45) is 6.12. The van der Waals surface area contributed by atoms with Crippen molar-refractivity contribution in [1.82, 2.24) is 15.0 Å². The molecule has 4 aromatic rings. The number of aromatic nitrogens is 3. The van der Waals surface area contributed by atoms with E-state index in [0.29, 0.717) is 29.5 Å². The molecule has 0 fully saturated rings. The van der Waals surface area contributed by atoms with E-state index in [2.05, 4.69) is 25.6 Å². The molecule has 29 heavy (non-hydrogen) atoms. The Morgan fingerprint density at radius 1 is 1.03 bits per heavy atom. The number of carbonyl (C=O) groups excluding carboxylic acids is 1. The van der Waals surface area contributed by atoms with E-state index in [0.717, 1.165) is 11.3 Å². The predicted octanol–water partition coefficient (Wildman–Crippen LogP) is 3.58. The minimum absolute atomic E-state index is 0.215. The number of anilines is 3. The van der Waals surface area contributed by atoms with Gasteiger partial charge in [-0.25, -0.2) is 15.0 Å². The average Bonchev–Trinajstić information content (AvgIpc) is 3.28. The maximum absolute atomic E-state index is 12.5. The highest BCUT2D eigenvalue weighted by Gasteiger charge is 2.10. The standard InChI is InChI=1S/C21H18N6O2/c22-20-16(6-2-8-23-20)24-11-14-4-1-5-15(10-14)27-21(28)18-13-25-17(12-26-18)19-7-3-9-29-19/h1-10,12-13,24H,11H2,(H2,22,23)(H,27,28). The van der Waals surface area contributed by atoms with Gasteiger partial charge in [0.15, 0.2) is 5.76 Å². The first-order chi connectivity index (χ1) is 14.2. The van der Waals surface area contributed by atoms with E-state index in [1.165, 1.54) is 12.4 Å². The van der Waals surface area contributed by atoms with Gasteiger partial charge in [-0.3, -0.25) is 4.79 Å². The van der Waals surface area contributed by atoms with Gasteiger partial charge in [-0.15, -0.1) is 0 Å². The van der Waals surface area contributed by atoms with Crippen molar-refractivity contribution in [3.63, 3.8) is 0 Å². The number of amides is 1. The molecule has 0 saturated carbocycles. The molecule has 0 spiro atoms. The number of nitrogens with zero attached hydrogens (tertiary/aromatic N) is 3. The highest BCUT2D eigenvalue weighted by molar-refractivity contribution is 6.02. The number of hydrogen-bond acceptors (Lipinski definition) is 7. The third kappa shape index (κ3) is 4.38. The summed E-state index contributed by atoms with van der Waals surface area (Å²) < 4.78 is 5.27. The summed E-state index contributed by atoms with van der Waals surface area (Å²) in [5, 5.41) is 6.06. The molecule has 3 heterocycles. The minimum atomic E-state index is -0.342. The Morgan fingerprint density at radius 2 is 1.97 bits per heavy atom. The first kappa shape index (κ1) is 18.2. The quantitative estimate of drug-likeness (QED) is 0.463. The van der Waals surface area contributed by atoms with Crippen LogP contribution in [0.1, 0.15) is 16.1 Å². The fourth-order valence-electron chi connectivity index (χ4n) is 2.72. The number of hydrogen-bond donors (Lipinski definition) is 3. The molecule has 3 aromatic heterocycles. The van der Waals surface area contributed by atoms with E-state index < -0.39 is 0 Å². The number of pyridine rings is 1. The number of benzene rings is 1. The zero-order chi connectivity index (χ0) is 20.1. The fourth-order valence-corrected chi connectivity index (χ4v) is 2.72. The first-order valence-electron chi connectivity index (χ1n) is 8.89. The van der Waals surface area contributed by atoms with Gasteiger partial charge in [0.25, 0.3) is 5.91 Å². The summed E-state index contributed by atoms with van der Waals surface area (Å²) in [7, 11) is 0. The highest BCUT2D eigenvalue weighted by Crippen LogP contribution is 2.18. The van der Waals surface area contributed by atoms with Gasteiger partial charge in [0.1, 0.15) is 17.2 Å². The zero-order valence-electron chi connectivity index (χ0n) is 15.4. The van der Waals surface area contributed by atoms with Crippen molar-refractivity contribution in [3.05, 3.63) is 84.6 Å². The van der Waals surface area contributed by atoms with Crippen LogP contribution >= 0.6 is 0 Å². The van der Waals surface area contributed by atoms with Crippen LogP contribution in [0, 0.1) is 0 Å². The molecular formula is C21H18N6O2. The highest BCUT2D eigenvalue weighted by atomic mass is 16.3. The van der Waals surface area contributed by atoms with Crippen LogP contribution in [-0.2, 0) is 6.54 Å². The van der Waals surface area contributed by atoms with Gasteiger partial charge in [0.2, 0.25) is 0 Å². The van der Waals surface area contributed by atoms with E-state index in [4.69, 9.17) is 10.2 Å². The maximum Gasteiger partial charge on any atom is 0.275 e. The second-order valence-electron chi connectivity index (χ2n) is 6.21. The zero-order valence-corrected chi connectivity index (χ0v) is 15.4. The van der Waals surface area contributed by atoms with Crippen molar-refractivity contribution >= 4 is 23.1 Å². The van der Waals surface area contributed by atoms with Gasteiger partial charge in [-0.2, -0.15) is 0 Å². The Kier molecular flexibility index (Phi) is 5.15.